The molecule has 1 aliphatic rings. The van der Waals surface area contributed by atoms with Gasteiger partial charge in [0, 0.05) is 5.38 Å². The van der Waals surface area contributed by atoms with Crippen LogP contribution in [0.5, 0.6) is 0 Å². The lowest BCUT2D eigenvalue weighted by Crippen LogP contribution is -2.39. The minimum atomic E-state index is 0.472. The molecule has 0 aliphatic heterocycles. The molecule has 0 aromatic carbocycles. The Balaban J connectivity index is 2.39. The minimum absolute atomic E-state index is 0.472. The second-order valence-electron chi connectivity index (χ2n) is 3.55. The minimum Gasteiger partial charge on any atom is -0.123 e. The van der Waals surface area contributed by atoms with Gasteiger partial charge in [-0.05, 0) is 24.2 Å². The molecule has 3 unspecified atom stereocenters. The Morgan fingerprint density at radius 1 is 1.44 bits per heavy atom. The predicted molar refractivity (Wildman–Crippen MR) is 41.8 cm³/mol. The Bertz CT molecular complexity index is 84.0. The molecule has 1 fully saturated rings. The van der Waals surface area contributed by atoms with Crippen LogP contribution in [0.3, 0.4) is 0 Å². The largest absolute Gasteiger partial charge is 0.123 e. The summed E-state index contributed by atoms with van der Waals surface area (Å²) in [5, 5.41) is 0.472. The molecule has 0 heterocycles. The van der Waals surface area contributed by atoms with E-state index in [1.165, 1.54) is 6.42 Å². The zero-order chi connectivity index (χ0) is 7.02. The number of hydrogen-bond donors (Lipinski definition) is 0. The molecule has 0 N–H and O–H groups in total. The zero-order valence-corrected chi connectivity index (χ0v) is 7.15. The fourth-order valence-corrected chi connectivity index (χ4v) is 2.73. The van der Waals surface area contributed by atoms with Crippen molar-refractivity contribution in [3.8, 4) is 0 Å². The maximum absolute atomic E-state index is 6.00. The van der Waals surface area contributed by atoms with Crippen LogP contribution in [0.25, 0.3) is 0 Å². The maximum Gasteiger partial charge on any atom is 0.0371 e. The van der Waals surface area contributed by atoms with Gasteiger partial charge in [-0.15, -0.1) is 11.6 Å². The van der Waals surface area contributed by atoms with E-state index >= 15 is 0 Å². The Labute approximate surface area is 62.6 Å². The molecular formula is C8H15Cl. The molecule has 1 heteroatoms. The lowest BCUT2D eigenvalue weighted by molar-refractivity contribution is 0.146. The Kier molecular flexibility index (Phi) is 2.05. The van der Waals surface area contributed by atoms with E-state index in [0.29, 0.717) is 5.38 Å². The molecule has 0 nitrogen and oxygen atoms in total. The quantitative estimate of drug-likeness (QED) is 0.499. The van der Waals surface area contributed by atoms with Gasteiger partial charge in [0.2, 0.25) is 0 Å². The van der Waals surface area contributed by atoms with Crippen LogP contribution in [0.1, 0.15) is 27.2 Å². The van der Waals surface area contributed by atoms with Gasteiger partial charge in [0.15, 0.2) is 0 Å². The highest BCUT2D eigenvalue weighted by atomic mass is 35.5. The molecule has 0 bridgehead atoms. The van der Waals surface area contributed by atoms with Crippen LogP contribution < -0.4 is 0 Å². The lowest BCUT2D eigenvalue weighted by Gasteiger charge is -2.42. The van der Waals surface area contributed by atoms with E-state index in [1.54, 1.807) is 0 Å². The van der Waals surface area contributed by atoms with Gasteiger partial charge in [-0.3, -0.25) is 0 Å². The second kappa shape index (κ2) is 2.49. The molecule has 9 heavy (non-hydrogen) atoms. The van der Waals surface area contributed by atoms with Crippen molar-refractivity contribution < 1.29 is 0 Å². The first kappa shape index (κ1) is 7.40. The third-order valence-corrected chi connectivity index (χ3v) is 2.91. The first-order valence-corrected chi connectivity index (χ1v) is 4.20. The molecule has 1 saturated carbocycles. The summed E-state index contributed by atoms with van der Waals surface area (Å²) in [6.07, 6.45) is 1.23. The molecule has 54 valence electrons. The molecule has 0 radical (unpaired) electrons. The Morgan fingerprint density at radius 2 is 2.00 bits per heavy atom. The van der Waals surface area contributed by atoms with E-state index in [1.807, 2.05) is 0 Å². The lowest BCUT2D eigenvalue weighted by atomic mass is 9.69. The molecule has 1 rings (SSSR count). The summed E-state index contributed by atoms with van der Waals surface area (Å²) in [5.74, 6) is 2.43. The van der Waals surface area contributed by atoms with Crippen LogP contribution >= 0.6 is 11.6 Å². The maximum atomic E-state index is 6.00. The van der Waals surface area contributed by atoms with Crippen LogP contribution in [-0.4, -0.2) is 5.38 Å². The average molecular weight is 147 g/mol. The fourth-order valence-electron chi connectivity index (χ4n) is 1.90. The van der Waals surface area contributed by atoms with E-state index in [9.17, 15) is 0 Å². The van der Waals surface area contributed by atoms with Gasteiger partial charge in [0.25, 0.3) is 0 Å². The van der Waals surface area contributed by atoms with Crippen molar-refractivity contribution in [2.45, 2.75) is 32.6 Å². The van der Waals surface area contributed by atoms with Gasteiger partial charge in [0.1, 0.15) is 0 Å². The normalized spacial score (nSPS) is 43.0. The van der Waals surface area contributed by atoms with E-state index in [2.05, 4.69) is 20.8 Å². The summed E-state index contributed by atoms with van der Waals surface area (Å²) in [7, 11) is 0. The highest BCUT2D eigenvalue weighted by Crippen LogP contribution is 2.42. The SMILES string of the molecule is CC(C)C1C(C)CC1Cl. The van der Waals surface area contributed by atoms with Crippen molar-refractivity contribution in [3.05, 3.63) is 0 Å². The molecule has 0 saturated heterocycles. The Morgan fingerprint density at radius 3 is 2.11 bits per heavy atom. The summed E-state index contributed by atoms with van der Waals surface area (Å²) >= 11 is 6.00. The fraction of sp³-hybridized carbons (Fsp3) is 1.00. The van der Waals surface area contributed by atoms with Crippen molar-refractivity contribution in [1.82, 2.24) is 0 Å². The molecule has 0 spiro atoms. The first-order valence-electron chi connectivity index (χ1n) is 3.77. The monoisotopic (exact) mass is 146 g/mol. The summed E-state index contributed by atoms with van der Waals surface area (Å²) in [5.41, 5.74) is 0. The molecule has 3 atom stereocenters. The van der Waals surface area contributed by atoms with Crippen LogP contribution in [0.4, 0.5) is 0 Å². The summed E-state index contributed by atoms with van der Waals surface area (Å²) in [6.45, 7) is 6.81. The van der Waals surface area contributed by atoms with Crippen LogP contribution in [0, 0.1) is 17.8 Å². The van der Waals surface area contributed by atoms with Gasteiger partial charge in [-0.2, -0.15) is 0 Å². The standard InChI is InChI=1S/C8H15Cl/c1-5(2)8-6(3)4-7(8)9/h5-8H,4H2,1-3H3. The first-order chi connectivity index (χ1) is 4.13. The van der Waals surface area contributed by atoms with Gasteiger partial charge in [-0.25, -0.2) is 0 Å². The molecule has 0 aromatic heterocycles. The summed E-state index contributed by atoms with van der Waals surface area (Å²) in [4.78, 5) is 0. The van der Waals surface area contributed by atoms with E-state index in [0.717, 1.165) is 17.8 Å². The summed E-state index contributed by atoms with van der Waals surface area (Å²) < 4.78 is 0. The van der Waals surface area contributed by atoms with Gasteiger partial charge < -0.3 is 0 Å². The molecular weight excluding hydrogens is 132 g/mol. The van der Waals surface area contributed by atoms with Crippen molar-refractivity contribution >= 4 is 11.6 Å². The topological polar surface area (TPSA) is 0 Å². The number of halogens is 1. The third-order valence-electron chi connectivity index (χ3n) is 2.44. The molecule has 0 amide bonds. The van der Waals surface area contributed by atoms with Gasteiger partial charge in [0.05, 0.1) is 0 Å². The predicted octanol–water partition coefficient (Wildman–Crippen LogP) is 2.91. The molecule has 1 aliphatic carbocycles. The highest BCUT2D eigenvalue weighted by molar-refractivity contribution is 6.21. The third kappa shape index (κ3) is 1.24. The molecule has 0 aromatic rings. The van der Waals surface area contributed by atoms with Crippen LogP contribution in [0.15, 0.2) is 0 Å². The van der Waals surface area contributed by atoms with E-state index in [-0.39, 0.29) is 0 Å². The van der Waals surface area contributed by atoms with Crippen molar-refractivity contribution in [1.29, 1.82) is 0 Å². The van der Waals surface area contributed by atoms with Crippen molar-refractivity contribution in [2.75, 3.05) is 0 Å². The highest BCUT2D eigenvalue weighted by Gasteiger charge is 2.38. The van der Waals surface area contributed by atoms with E-state index in [4.69, 9.17) is 11.6 Å². The van der Waals surface area contributed by atoms with Crippen molar-refractivity contribution in [2.24, 2.45) is 17.8 Å². The zero-order valence-electron chi connectivity index (χ0n) is 6.39. The van der Waals surface area contributed by atoms with E-state index < -0.39 is 0 Å². The smallest absolute Gasteiger partial charge is 0.0371 e. The summed E-state index contributed by atoms with van der Waals surface area (Å²) in [6, 6.07) is 0. The van der Waals surface area contributed by atoms with Crippen LogP contribution in [-0.2, 0) is 0 Å². The number of rotatable bonds is 1. The van der Waals surface area contributed by atoms with Gasteiger partial charge >= 0.3 is 0 Å². The van der Waals surface area contributed by atoms with Gasteiger partial charge in [-0.1, -0.05) is 20.8 Å². The second-order valence-corrected chi connectivity index (χ2v) is 4.11. The van der Waals surface area contributed by atoms with Crippen LogP contribution in [0.2, 0.25) is 0 Å². The Hall–Kier alpha value is 0.290. The van der Waals surface area contributed by atoms with Crippen molar-refractivity contribution in [3.63, 3.8) is 0 Å². The number of alkyl halides is 1. The number of hydrogen-bond acceptors (Lipinski definition) is 0. The average Bonchev–Trinajstić information content (AvgIpc) is 1.62.